The van der Waals surface area contributed by atoms with Gasteiger partial charge < -0.3 is 9.47 Å². The predicted octanol–water partition coefficient (Wildman–Crippen LogP) is 11.9. The van der Waals surface area contributed by atoms with Gasteiger partial charge in [-0.2, -0.15) is 0 Å². The zero-order valence-electron chi connectivity index (χ0n) is 27.3. The molecule has 5 rings (SSSR count). The number of hydrogen-bond acceptors (Lipinski definition) is 2. The van der Waals surface area contributed by atoms with Crippen LogP contribution in [-0.4, -0.2) is 13.2 Å². The number of hydrogen-bond donors (Lipinski definition) is 0. The van der Waals surface area contributed by atoms with E-state index in [2.05, 4.69) is 139 Å². The molecule has 44 heavy (non-hydrogen) atoms. The van der Waals surface area contributed by atoms with Crippen LogP contribution in [0.4, 0.5) is 0 Å². The lowest BCUT2D eigenvalue weighted by atomic mass is 9.94. The van der Waals surface area contributed by atoms with Crippen molar-refractivity contribution in [1.29, 1.82) is 0 Å². The van der Waals surface area contributed by atoms with E-state index < -0.39 is 0 Å². The van der Waals surface area contributed by atoms with Crippen LogP contribution < -0.4 is 9.47 Å². The molecule has 0 atom stereocenters. The van der Waals surface area contributed by atoms with Crippen LogP contribution in [0.2, 0.25) is 0 Å². The SMILES string of the molecule is CCCCOc1cc(-c2ccc(-c3ccc(C)c(C)c3)cc2)c(OCCCC)cc1-c1ccc(-c2ccc(C)c(C)c2)cc1. The molecule has 0 N–H and O–H groups in total. The fourth-order valence-corrected chi connectivity index (χ4v) is 5.43. The summed E-state index contributed by atoms with van der Waals surface area (Å²) >= 11 is 0. The lowest BCUT2D eigenvalue weighted by Crippen LogP contribution is -2.02. The first kappa shape index (κ1) is 31.1. The Bertz CT molecular complexity index is 1570. The van der Waals surface area contributed by atoms with E-state index >= 15 is 0 Å². The second-order valence-corrected chi connectivity index (χ2v) is 12.0. The first-order valence-corrected chi connectivity index (χ1v) is 16.2. The number of unbranched alkanes of at least 4 members (excludes halogenated alkanes) is 2. The van der Waals surface area contributed by atoms with Crippen LogP contribution in [-0.2, 0) is 0 Å². The molecule has 0 aromatic heterocycles. The highest BCUT2D eigenvalue weighted by Gasteiger charge is 2.16. The molecule has 0 aliphatic carbocycles. The summed E-state index contributed by atoms with van der Waals surface area (Å²) in [6, 6.07) is 35.4. The number of benzene rings is 5. The van der Waals surface area contributed by atoms with Gasteiger partial charge in [0.2, 0.25) is 0 Å². The molecule has 0 radical (unpaired) electrons. The number of aryl methyl sites for hydroxylation is 4. The van der Waals surface area contributed by atoms with Crippen LogP contribution in [0.25, 0.3) is 44.5 Å². The maximum atomic E-state index is 6.48. The summed E-state index contributed by atoms with van der Waals surface area (Å²) in [5.41, 5.74) is 14.5. The van der Waals surface area contributed by atoms with Crippen LogP contribution in [0.15, 0.2) is 97.1 Å². The molecule has 0 unspecified atom stereocenters. The Morgan fingerprint density at radius 1 is 0.386 bits per heavy atom. The van der Waals surface area contributed by atoms with Gasteiger partial charge in [-0.05, 0) is 108 Å². The molecule has 5 aromatic rings. The summed E-state index contributed by atoms with van der Waals surface area (Å²) in [7, 11) is 0. The van der Waals surface area contributed by atoms with E-state index in [9.17, 15) is 0 Å². The fourth-order valence-electron chi connectivity index (χ4n) is 5.43. The van der Waals surface area contributed by atoms with Gasteiger partial charge in [0.1, 0.15) is 11.5 Å². The summed E-state index contributed by atoms with van der Waals surface area (Å²) in [6.45, 7) is 14.4. The van der Waals surface area contributed by atoms with Crippen molar-refractivity contribution in [2.45, 2.75) is 67.2 Å². The molecule has 0 saturated heterocycles. The highest BCUT2D eigenvalue weighted by molar-refractivity contribution is 5.83. The lowest BCUT2D eigenvalue weighted by molar-refractivity contribution is 0.303. The van der Waals surface area contributed by atoms with Crippen LogP contribution in [0, 0.1) is 27.7 Å². The standard InChI is InChI=1S/C42H46O2/c1-7-9-23-43-41-27-40(36-21-17-34(18-22-36)38-14-12-30(4)32(6)26-38)42(44-24-10-8-2)28-39(41)35-19-15-33(16-20-35)37-13-11-29(3)31(5)25-37/h11-22,25-28H,7-10,23-24H2,1-6H3. The van der Waals surface area contributed by atoms with Crippen molar-refractivity contribution in [3.63, 3.8) is 0 Å². The third kappa shape index (κ3) is 7.25. The Hall–Kier alpha value is -4.30. The van der Waals surface area contributed by atoms with Crippen molar-refractivity contribution in [2.24, 2.45) is 0 Å². The van der Waals surface area contributed by atoms with E-state index in [4.69, 9.17) is 9.47 Å². The van der Waals surface area contributed by atoms with E-state index in [0.29, 0.717) is 13.2 Å². The van der Waals surface area contributed by atoms with Gasteiger partial charge in [0.05, 0.1) is 13.2 Å². The summed E-state index contributed by atoms with van der Waals surface area (Å²) in [6.07, 6.45) is 4.20. The molecule has 2 nitrogen and oxygen atoms in total. The summed E-state index contributed by atoms with van der Waals surface area (Å²) in [4.78, 5) is 0. The van der Waals surface area contributed by atoms with Crippen molar-refractivity contribution >= 4 is 0 Å². The predicted molar refractivity (Wildman–Crippen MR) is 188 cm³/mol. The number of rotatable bonds is 12. The van der Waals surface area contributed by atoms with Crippen molar-refractivity contribution in [2.75, 3.05) is 13.2 Å². The molecule has 0 amide bonds. The van der Waals surface area contributed by atoms with Gasteiger partial charge in [0, 0.05) is 11.1 Å². The van der Waals surface area contributed by atoms with E-state index in [0.717, 1.165) is 59.4 Å². The largest absolute Gasteiger partial charge is 0.493 e. The monoisotopic (exact) mass is 582 g/mol. The minimum Gasteiger partial charge on any atom is -0.493 e. The summed E-state index contributed by atoms with van der Waals surface area (Å²) in [5.74, 6) is 1.79. The Morgan fingerprint density at radius 3 is 1.07 bits per heavy atom. The number of ether oxygens (including phenoxy) is 2. The summed E-state index contributed by atoms with van der Waals surface area (Å²) in [5, 5.41) is 0. The minimum absolute atomic E-state index is 0.686. The lowest BCUT2D eigenvalue weighted by Gasteiger charge is -2.19. The Labute approximate surface area is 264 Å². The molecule has 0 heterocycles. The van der Waals surface area contributed by atoms with Crippen molar-refractivity contribution in [3.8, 4) is 56.0 Å². The first-order valence-electron chi connectivity index (χ1n) is 16.2. The Balaban J connectivity index is 1.55. The van der Waals surface area contributed by atoms with E-state index in [1.54, 1.807) is 0 Å². The van der Waals surface area contributed by atoms with Gasteiger partial charge in [-0.1, -0.05) is 112 Å². The molecular formula is C42H46O2. The van der Waals surface area contributed by atoms with Crippen molar-refractivity contribution in [3.05, 3.63) is 119 Å². The highest BCUT2D eigenvalue weighted by atomic mass is 16.5. The van der Waals surface area contributed by atoms with Crippen LogP contribution in [0.5, 0.6) is 11.5 Å². The van der Waals surface area contributed by atoms with Crippen molar-refractivity contribution in [1.82, 2.24) is 0 Å². The highest BCUT2D eigenvalue weighted by Crippen LogP contribution is 2.42. The fraction of sp³-hybridized carbons (Fsp3) is 0.286. The first-order chi connectivity index (χ1) is 21.4. The smallest absolute Gasteiger partial charge is 0.128 e. The van der Waals surface area contributed by atoms with E-state index in [1.807, 2.05) is 0 Å². The molecule has 0 fully saturated rings. The molecule has 0 aliphatic rings. The molecular weight excluding hydrogens is 536 g/mol. The maximum Gasteiger partial charge on any atom is 0.128 e. The Kier molecular flexibility index (Phi) is 10.2. The minimum atomic E-state index is 0.686. The average Bonchev–Trinajstić information content (AvgIpc) is 3.04. The van der Waals surface area contributed by atoms with Crippen LogP contribution in [0.1, 0.15) is 61.8 Å². The third-order valence-corrected chi connectivity index (χ3v) is 8.66. The quantitative estimate of drug-likeness (QED) is 0.136. The summed E-state index contributed by atoms with van der Waals surface area (Å²) < 4.78 is 13.0. The van der Waals surface area contributed by atoms with Gasteiger partial charge in [0.25, 0.3) is 0 Å². The van der Waals surface area contributed by atoms with Gasteiger partial charge in [-0.15, -0.1) is 0 Å². The van der Waals surface area contributed by atoms with Crippen molar-refractivity contribution < 1.29 is 9.47 Å². The molecule has 226 valence electrons. The van der Waals surface area contributed by atoms with Gasteiger partial charge in [-0.3, -0.25) is 0 Å². The van der Waals surface area contributed by atoms with E-state index in [1.165, 1.54) is 44.5 Å². The molecule has 2 heteroatoms. The Morgan fingerprint density at radius 2 is 0.727 bits per heavy atom. The van der Waals surface area contributed by atoms with E-state index in [-0.39, 0.29) is 0 Å². The zero-order chi connectivity index (χ0) is 31.1. The molecule has 0 saturated carbocycles. The zero-order valence-corrected chi connectivity index (χ0v) is 27.3. The second-order valence-electron chi connectivity index (χ2n) is 12.0. The average molecular weight is 583 g/mol. The van der Waals surface area contributed by atoms with Gasteiger partial charge >= 0.3 is 0 Å². The van der Waals surface area contributed by atoms with Gasteiger partial charge in [-0.25, -0.2) is 0 Å². The second kappa shape index (κ2) is 14.4. The molecule has 5 aromatic carbocycles. The van der Waals surface area contributed by atoms with Crippen LogP contribution in [0.3, 0.4) is 0 Å². The van der Waals surface area contributed by atoms with Gasteiger partial charge in [0.15, 0.2) is 0 Å². The normalized spacial score (nSPS) is 11.0. The topological polar surface area (TPSA) is 18.5 Å². The maximum absolute atomic E-state index is 6.48. The van der Waals surface area contributed by atoms with Crippen LogP contribution >= 0.6 is 0 Å². The third-order valence-electron chi connectivity index (χ3n) is 8.66. The molecule has 0 spiro atoms. The molecule has 0 bridgehead atoms. The molecule has 0 aliphatic heterocycles.